The molecule has 2 N–H and O–H groups in total. The van der Waals surface area contributed by atoms with Gasteiger partial charge in [0.25, 0.3) is 10.0 Å². The summed E-state index contributed by atoms with van der Waals surface area (Å²) in [6.45, 7) is 2.99. The first kappa shape index (κ1) is 18.0. The van der Waals surface area contributed by atoms with Crippen LogP contribution >= 0.6 is 0 Å². The Morgan fingerprint density at radius 3 is 2.67 bits per heavy atom. The smallest absolute Gasteiger partial charge is 0.258 e. The standard InChI is InChI=1S/C13H24N4O3S/c1-14-10-12-4-5-13(15-11-12)21(18,19)16-6-7-17(2)8-9-20-3/h4-5,11,14,16H,6-10H2,1-3H3. The highest BCUT2D eigenvalue weighted by Crippen LogP contribution is 2.06. The van der Waals surface area contributed by atoms with Crippen molar-refractivity contribution in [2.45, 2.75) is 11.6 Å². The Labute approximate surface area is 126 Å². The molecule has 0 amide bonds. The summed E-state index contributed by atoms with van der Waals surface area (Å²) < 4.78 is 31.6. The van der Waals surface area contributed by atoms with Crippen molar-refractivity contribution in [3.63, 3.8) is 0 Å². The number of hydrogen-bond acceptors (Lipinski definition) is 6. The molecule has 0 radical (unpaired) electrons. The summed E-state index contributed by atoms with van der Waals surface area (Å²) in [6, 6.07) is 3.27. The minimum Gasteiger partial charge on any atom is -0.383 e. The van der Waals surface area contributed by atoms with Gasteiger partial charge in [-0.1, -0.05) is 6.07 Å². The first-order chi connectivity index (χ1) is 9.99. The molecule has 1 aromatic rings. The molecule has 7 nitrogen and oxygen atoms in total. The third-order valence-corrected chi connectivity index (χ3v) is 4.29. The highest BCUT2D eigenvalue weighted by molar-refractivity contribution is 7.89. The highest BCUT2D eigenvalue weighted by Gasteiger charge is 2.15. The topological polar surface area (TPSA) is 83.6 Å². The highest BCUT2D eigenvalue weighted by atomic mass is 32.2. The molecule has 0 aliphatic heterocycles. The number of methoxy groups -OCH3 is 1. The van der Waals surface area contributed by atoms with E-state index in [4.69, 9.17) is 4.74 Å². The number of nitrogens with one attached hydrogen (secondary N) is 2. The number of likely N-dealkylation sites (N-methyl/N-ethyl adjacent to an activating group) is 1. The Kier molecular flexibility index (Phi) is 7.76. The van der Waals surface area contributed by atoms with Gasteiger partial charge in [-0.3, -0.25) is 0 Å². The van der Waals surface area contributed by atoms with Gasteiger partial charge in [-0.2, -0.15) is 0 Å². The van der Waals surface area contributed by atoms with Crippen molar-refractivity contribution in [1.29, 1.82) is 0 Å². The van der Waals surface area contributed by atoms with Crippen LogP contribution in [0.25, 0.3) is 0 Å². The maximum Gasteiger partial charge on any atom is 0.258 e. The number of aromatic nitrogens is 1. The molecule has 1 rings (SSSR count). The second-order valence-electron chi connectivity index (χ2n) is 4.73. The lowest BCUT2D eigenvalue weighted by molar-refractivity contribution is 0.162. The summed E-state index contributed by atoms with van der Waals surface area (Å²) in [5.41, 5.74) is 0.941. The zero-order valence-electron chi connectivity index (χ0n) is 12.8. The minimum atomic E-state index is -3.55. The second kappa shape index (κ2) is 9.06. The van der Waals surface area contributed by atoms with E-state index in [1.807, 2.05) is 19.0 Å². The zero-order chi connectivity index (χ0) is 15.7. The van der Waals surface area contributed by atoms with Crippen LogP contribution in [0, 0.1) is 0 Å². The van der Waals surface area contributed by atoms with Gasteiger partial charge >= 0.3 is 0 Å². The van der Waals surface area contributed by atoms with Crippen molar-refractivity contribution in [2.75, 3.05) is 47.4 Å². The van der Waals surface area contributed by atoms with Crippen LogP contribution in [-0.2, 0) is 21.3 Å². The predicted octanol–water partition coefficient (Wildman–Crippen LogP) is -0.342. The number of sulfonamides is 1. The number of ether oxygens (including phenoxy) is 1. The first-order valence-corrected chi connectivity index (χ1v) is 8.24. The molecule has 0 bridgehead atoms. The second-order valence-corrected chi connectivity index (χ2v) is 6.44. The van der Waals surface area contributed by atoms with E-state index in [1.165, 1.54) is 6.07 Å². The number of hydrogen-bond donors (Lipinski definition) is 2. The molecule has 0 fully saturated rings. The first-order valence-electron chi connectivity index (χ1n) is 6.76. The summed E-state index contributed by atoms with van der Waals surface area (Å²) in [4.78, 5) is 5.99. The largest absolute Gasteiger partial charge is 0.383 e. The molecule has 0 aliphatic rings. The van der Waals surface area contributed by atoms with E-state index in [0.29, 0.717) is 26.2 Å². The van der Waals surface area contributed by atoms with Crippen molar-refractivity contribution in [2.24, 2.45) is 0 Å². The Bertz CT molecular complexity index is 505. The molecule has 1 aromatic heterocycles. The molecular formula is C13H24N4O3S. The van der Waals surface area contributed by atoms with Crippen LogP contribution in [0.4, 0.5) is 0 Å². The normalized spacial score (nSPS) is 12.0. The summed E-state index contributed by atoms with van der Waals surface area (Å²) in [7, 11) is 1.83. The summed E-state index contributed by atoms with van der Waals surface area (Å²) >= 11 is 0. The zero-order valence-corrected chi connectivity index (χ0v) is 13.6. The van der Waals surface area contributed by atoms with Gasteiger partial charge in [0, 0.05) is 39.5 Å². The number of pyridine rings is 1. The molecule has 0 aliphatic carbocycles. The third kappa shape index (κ3) is 6.49. The van der Waals surface area contributed by atoms with Crippen molar-refractivity contribution < 1.29 is 13.2 Å². The van der Waals surface area contributed by atoms with Gasteiger partial charge in [-0.05, 0) is 25.7 Å². The van der Waals surface area contributed by atoms with Crippen molar-refractivity contribution in [3.8, 4) is 0 Å². The fourth-order valence-electron chi connectivity index (χ4n) is 1.68. The molecule has 120 valence electrons. The molecule has 0 saturated carbocycles. The monoisotopic (exact) mass is 316 g/mol. The van der Waals surface area contributed by atoms with E-state index in [9.17, 15) is 8.42 Å². The van der Waals surface area contributed by atoms with E-state index in [2.05, 4.69) is 15.0 Å². The molecule has 0 spiro atoms. The Hall–Kier alpha value is -1.06. The van der Waals surface area contributed by atoms with Crippen LogP contribution in [0.15, 0.2) is 23.4 Å². The maximum atomic E-state index is 12.1. The van der Waals surface area contributed by atoms with Crippen molar-refractivity contribution in [1.82, 2.24) is 19.9 Å². The lowest BCUT2D eigenvalue weighted by atomic mass is 10.3. The van der Waals surface area contributed by atoms with Crippen LogP contribution in [0.5, 0.6) is 0 Å². The van der Waals surface area contributed by atoms with Gasteiger partial charge in [-0.15, -0.1) is 0 Å². The van der Waals surface area contributed by atoms with E-state index < -0.39 is 10.0 Å². The Morgan fingerprint density at radius 2 is 2.10 bits per heavy atom. The summed E-state index contributed by atoms with van der Waals surface area (Å²) in [5.74, 6) is 0. The van der Waals surface area contributed by atoms with E-state index in [-0.39, 0.29) is 5.03 Å². The van der Waals surface area contributed by atoms with E-state index >= 15 is 0 Å². The maximum absolute atomic E-state index is 12.1. The van der Waals surface area contributed by atoms with Gasteiger partial charge in [-0.25, -0.2) is 18.1 Å². The minimum absolute atomic E-state index is 0.0434. The summed E-state index contributed by atoms with van der Waals surface area (Å²) in [6.07, 6.45) is 1.57. The van der Waals surface area contributed by atoms with Gasteiger partial charge in [0.05, 0.1) is 6.61 Å². The van der Waals surface area contributed by atoms with E-state index in [1.54, 1.807) is 19.4 Å². The molecule has 0 aromatic carbocycles. The van der Waals surface area contributed by atoms with Crippen LogP contribution < -0.4 is 10.0 Å². The molecule has 8 heteroatoms. The van der Waals surface area contributed by atoms with E-state index in [0.717, 1.165) is 12.1 Å². The van der Waals surface area contributed by atoms with Gasteiger partial charge in [0.15, 0.2) is 5.03 Å². The Balaban J connectivity index is 2.49. The lowest BCUT2D eigenvalue weighted by Gasteiger charge is -2.16. The fraction of sp³-hybridized carbons (Fsp3) is 0.615. The lowest BCUT2D eigenvalue weighted by Crippen LogP contribution is -2.34. The van der Waals surface area contributed by atoms with Gasteiger partial charge in [0.2, 0.25) is 0 Å². The third-order valence-electron chi connectivity index (χ3n) is 2.92. The predicted molar refractivity (Wildman–Crippen MR) is 81.6 cm³/mol. The molecular weight excluding hydrogens is 292 g/mol. The molecule has 0 unspecified atom stereocenters. The number of rotatable bonds is 10. The Morgan fingerprint density at radius 1 is 1.33 bits per heavy atom. The van der Waals surface area contributed by atoms with Gasteiger partial charge in [0.1, 0.15) is 0 Å². The molecule has 0 saturated heterocycles. The average Bonchev–Trinajstić information content (AvgIpc) is 2.46. The van der Waals surface area contributed by atoms with Crippen LogP contribution in [-0.4, -0.2) is 65.7 Å². The van der Waals surface area contributed by atoms with Crippen LogP contribution in [0.1, 0.15) is 5.56 Å². The fourth-order valence-corrected chi connectivity index (χ4v) is 2.63. The molecule has 1 heterocycles. The molecule has 21 heavy (non-hydrogen) atoms. The van der Waals surface area contributed by atoms with Crippen molar-refractivity contribution in [3.05, 3.63) is 23.9 Å². The quantitative estimate of drug-likeness (QED) is 0.614. The number of nitrogens with zero attached hydrogens (tertiary/aromatic N) is 2. The summed E-state index contributed by atoms with van der Waals surface area (Å²) in [5, 5.41) is 3.03. The SMILES string of the molecule is CNCc1ccc(S(=O)(=O)NCCN(C)CCOC)nc1. The molecule has 0 atom stereocenters. The van der Waals surface area contributed by atoms with Crippen LogP contribution in [0.3, 0.4) is 0 Å². The van der Waals surface area contributed by atoms with Crippen molar-refractivity contribution >= 4 is 10.0 Å². The van der Waals surface area contributed by atoms with Crippen LogP contribution in [0.2, 0.25) is 0 Å². The van der Waals surface area contributed by atoms with Gasteiger partial charge < -0.3 is 15.0 Å². The average molecular weight is 316 g/mol.